The first kappa shape index (κ1) is 19.7. The molecular weight excluding hydrogens is 384 g/mol. The Morgan fingerprint density at radius 3 is 2.48 bits per heavy atom. The molecule has 144 valence electrons. The van der Waals surface area contributed by atoms with Gasteiger partial charge in [0.1, 0.15) is 6.04 Å². The van der Waals surface area contributed by atoms with Crippen molar-refractivity contribution in [1.29, 1.82) is 0 Å². The summed E-state index contributed by atoms with van der Waals surface area (Å²) < 4.78 is 26.4. The molecule has 2 aromatic carbocycles. The van der Waals surface area contributed by atoms with Gasteiger partial charge in [-0.25, -0.2) is 8.42 Å². The molecule has 1 atom stereocenters. The third-order valence-corrected chi connectivity index (χ3v) is 6.20. The van der Waals surface area contributed by atoms with Gasteiger partial charge < -0.3 is 4.90 Å². The number of benzene rings is 2. The number of nitrogens with zero attached hydrogens (tertiary/aromatic N) is 2. The maximum atomic E-state index is 13.4. The van der Waals surface area contributed by atoms with Gasteiger partial charge in [0, 0.05) is 17.3 Å². The van der Waals surface area contributed by atoms with E-state index in [0.717, 1.165) is 30.3 Å². The molecule has 0 aliphatic carbocycles. The minimum absolute atomic E-state index is 0.204. The summed E-state index contributed by atoms with van der Waals surface area (Å²) in [6.45, 7) is 2.41. The lowest BCUT2D eigenvalue weighted by Gasteiger charge is -2.36. The van der Waals surface area contributed by atoms with E-state index in [-0.39, 0.29) is 5.91 Å². The van der Waals surface area contributed by atoms with E-state index in [2.05, 4.69) is 0 Å². The lowest BCUT2D eigenvalue weighted by atomic mass is 10.0. The van der Waals surface area contributed by atoms with Crippen LogP contribution in [-0.2, 0) is 21.2 Å². The van der Waals surface area contributed by atoms with Gasteiger partial charge in [-0.2, -0.15) is 0 Å². The van der Waals surface area contributed by atoms with Crippen molar-refractivity contribution in [3.8, 4) is 0 Å². The minimum Gasteiger partial charge on any atom is -0.310 e. The number of rotatable bonds is 5. The predicted molar refractivity (Wildman–Crippen MR) is 110 cm³/mol. The lowest BCUT2D eigenvalue weighted by molar-refractivity contribution is -0.119. The molecule has 5 nitrogen and oxygen atoms in total. The molecule has 1 unspecified atom stereocenters. The fourth-order valence-electron chi connectivity index (χ4n) is 3.57. The highest BCUT2D eigenvalue weighted by Crippen LogP contribution is 2.30. The second kappa shape index (κ2) is 7.90. The number of amides is 1. The minimum atomic E-state index is -3.66. The average Bonchev–Trinajstić information content (AvgIpc) is 2.65. The first-order chi connectivity index (χ1) is 12.8. The van der Waals surface area contributed by atoms with E-state index in [0.29, 0.717) is 23.7 Å². The number of aryl methyl sites for hydroxylation is 1. The molecule has 0 saturated heterocycles. The van der Waals surface area contributed by atoms with E-state index in [1.165, 1.54) is 4.31 Å². The van der Waals surface area contributed by atoms with Crippen LogP contribution in [0.25, 0.3) is 0 Å². The number of sulfonamides is 1. The van der Waals surface area contributed by atoms with Crippen LogP contribution in [0.5, 0.6) is 0 Å². The third-order valence-electron chi connectivity index (χ3n) is 4.77. The van der Waals surface area contributed by atoms with E-state index in [1.54, 1.807) is 29.2 Å². The van der Waals surface area contributed by atoms with Crippen molar-refractivity contribution >= 4 is 38.9 Å². The molecule has 2 aromatic rings. The molecule has 7 heteroatoms. The van der Waals surface area contributed by atoms with Crippen LogP contribution in [0.2, 0.25) is 5.02 Å². The summed E-state index contributed by atoms with van der Waals surface area (Å²) in [6, 6.07) is 13.5. The molecule has 0 fully saturated rings. The standard InChI is InChI=1S/C20H23ClN2O3S/c1-3-18(23(27(2,25)26)17-12-10-16(21)11-13-17)20(24)22-14-6-8-15-7-4-5-9-19(15)22/h4-5,7,9-13,18H,3,6,8,14H2,1-2H3. The molecule has 27 heavy (non-hydrogen) atoms. The third kappa shape index (κ3) is 4.12. The quantitative estimate of drug-likeness (QED) is 0.757. The van der Waals surface area contributed by atoms with Crippen molar-refractivity contribution in [2.75, 3.05) is 22.0 Å². The zero-order valence-electron chi connectivity index (χ0n) is 15.4. The van der Waals surface area contributed by atoms with Crippen molar-refractivity contribution in [3.05, 3.63) is 59.1 Å². The summed E-state index contributed by atoms with van der Waals surface area (Å²) in [5, 5.41) is 0.511. The molecule has 0 aromatic heterocycles. The fraction of sp³-hybridized carbons (Fsp3) is 0.350. The highest BCUT2D eigenvalue weighted by Gasteiger charge is 2.35. The molecule has 0 N–H and O–H groups in total. The number of halogens is 1. The molecule has 0 spiro atoms. The molecule has 1 heterocycles. The number of hydrogen-bond donors (Lipinski definition) is 0. The summed E-state index contributed by atoms with van der Waals surface area (Å²) >= 11 is 5.94. The fourth-order valence-corrected chi connectivity index (χ4v) is 4.91. The van der Waals surface area contributed by atoms with Crippen LogP contribution >= 0.6 is 11.6 Å². The van der Waals surface area contributed by atoms with Crippen molar-refractivity contribution < 1.29 is 13.2 Å². The van der Waals surface area contributed by atoms with Crippen LogP contribution in [0.1, 0.15) is 25.3 Å². The second-order valence-electron chi connectivity index (χ2n) is 6.68. The van der Waals surface area contributed by atoms with Gasteiger partial charge >= 0.3 is 0 Å². The number of carbonyl (C=O) groups excluding carboxylic acids is 1. The van der Waals surface area contributed by atoms with Crippen molar-refractivity contribution in [1.82, 2.24) is 0 Å². The van der Waals surface area contributed by atoms with E-state index in [9.17, 15) is 13.2 Å². The Bertz CT molecular complexity index is 928. The molecule has 1 amide bonds. The highest BCUT2D eigenvalue weighted by atomic mass is 35.5. The Labute approximate surface area is 165 Å². The van der Waals surface area contributed by atoms with Crippen LogP contribution in [-0.4, -0.2) is 33.2 Å². The van der Waals surface area contributed by atoms with Gasteiger partial charge in [-0.15, -0.1) is 0 Å². The summed E-state index contributed by atoms with van der Waals surface area (Å²) in [4.78, 5) is 15.1. The highest BCUT2D eigenvalue weighted by molar-refractivity contribution is 7.92. The zero-order valence-corrected chi connectivity index (χ0v) is 17.0. The van der Waals surface area contributed by atoms with Gasteiger partial charge in [0.25, 0.3) is 5.91 Å². The number of para-hydroxylation sites is 1. The summed E-state index contributed by atoms with van der Waals surface area (Å²) in [6.07, 6.45) is 3.28. The topological polar surface area (TPSA) is 57.7 Å². The van der Waals surface area contributed by atoms with Crippen molar-refractivity contribution in [2.24, 2.45) is 0 Å². The van der Waals surface area contributed by atoms with E-state index >= 15 is 0 Å². The van der Waals surface area contributed by atoms with Crippen LogP contribution in [0.3, 0.4) is 0 Å². The number of hydrogen-bond acceptors (Lipinski definition) is 3. The molecule has 1 aliphatic rings. The summed E-state index contributed by atoms with van der Waals surface area (Å²) in [7, 11) is -3.66. The molecule has 1 aliphatic heterocycles. The Morgan fingerprint density at radius 2 is 1.85 bits per heavy atom. The Morgan fingerprint density at radius 1 is 1.19 bits per heavy atom. The zero-order chi connectivity index (χ0) is 19.6. The van der Waals surface area contributed by atoms with Gasteiger partial charge in [0.2, 0.25) is 10.0 Å². The lowest BCUT2D eigenvalue weighted by Crippen LogP contribution is -2.52. The smallest absolute Gasteiger partial charge is 0.250 e. The Balaban J connectivity index is 2.01. The Kier molecular flexibility index (Phi) is 5.77. The number of anilines is 2. The van der Waals surface area contributed by atoms with E-state index < -0.39 is 16.1 Å². The maximum Gasteiger partial charge on any atom is 0.250 e. The molecule has 0 bridgehead atoms. The van der Waals surface area contributed by atoms with Crippen LogP contribution in [0, 0.1) is 0 Å². The first-order valence-corrected chi connectivity index (χ1v) is 11.2. The van der Waals surface area contributed by atoms with Gasteiger partial charge in [-0.1, -0.05) is 36.7 Å². The van der Waals surface area contributed by atoms with Crippen molar-refractivity contribution in [2.45, 2.75) is 32.2 Å². The molecule has 0 radical (unpaired) electrons. The second-order valence-corrected chi connectivity index (χ2v) is 8.98. The van der Waals surface area contributed by atoms with Crippen LogP contribution < -0.4 is 9.21 Å². The van der Waals surface area contributed by atoms with Crippen LogP contribution in [0.4, 0.5) is 11.4 Å². The van der Waals surface area contributed by atoms with Gasteiger partial charge in [-0.05, 0) is 55.2 Å². The van der Waals surface area contributed by atoms with Gasteiger partial charge in [0.15, 0.2) is 0 Å². The van der Waals surface area contributed by atoms with Gasteiger partial charge in [-0.3, -0.25) is 9.10 Å². The summed E-state index contributed by atoms with van der Waals surface area (Å²) in [5.41, 5.74) is 2.42. The summed E-state index contributed by atoms with van der Waals surface area (Å²) in [5.74, 6) is -0.204. The van der Waals surface area contributed by atoms with E-state index in [1.807, 2.05) is 31.2 Å². The SMILES string of the molecule is CCC(C(=O)N1CCCc2ccccc21)N(c1ccc(Cl)cc1)S(C)(=O)=O. The molecule has 3 rings (SSSR count). The van der Waals surface area contributed by atoms with Gasteiger partial charge in [0.05, 0.1) is 11.9 Å². The monoisotopic (exact) mass is 406 g/mol. The largest absolute Gasteiger partial charge is 0.310 e. The van der Waals surface area contributed by atoms with Crippen LogP contribution in [0.15, 0.2) is 48.5 Å². The normalized spacial score (nSPS) is 15.1. The first-order valence-electron chi connectivity index (χ1n) is 8.97. The van der Waals surface area contributed by atoms with E-state index in [4.69, 9.17) is 11.6 Å². The molecule has 0 saturated carbocycles. The number of carbonyl (C=O) groups is 1. The molecular formula is C20H23ClN2O3S. The number of fused-ring (bicyclic) bond motifs is 1. The maximum absolute atomic E-state index is 13.4. The predicted octanol–water partition coefficient (Wildman–Crippen LogP) is 3.86. The Hall–Kier alpha value is -2.05. The average molecular weight is 407 g/mol. The van der Waals surface area contributed by atoms with Crippen molar-refractivity contribution in [3.63, 3.8) is 0 Å².